The Balaban J connectivity index is 2.13. The van der Waals surface area contributed by atoms with Crippen molar-refractivity contribution in [1.29, 1.82) is 0 Å². The van der Waals surface area contributed by atoms with Gasteiger partial charge in [0.1, 0.15) is 5.75 Å². The zero-order chi connectivity index (χ0) is 14.0. The summed E-state index contributed by atoms with van der Waals surface area (Å²) in [7, 11) is 1.63. The summed E-state index contributed by atoms with van der Waals surface area (Å²) in [6.07, 6.45) is 0. The van der Waals surface area contributed by atoms with Crippen molar-refractivity contribution in [2.45, 2.75) is 35.6 Å². The molecule has 1 aliphatic rings. The second-order valence-corrected chi connectivity index (χ2v) is 8.28. The zero-order valence-corrected chi connectivity index (χ0v) is 13.8. The normalized spacial score (nSPS) is 29.0. The third-order valence-corrected chi connectivity index (χ3v) is 7.36. The van der Waals surface area contributed by atoms with Gasteiger partial charge >= 0.3 is 0 Å². The van der Waals surface area contributed by atoms with Gasteiger partial charge in [0.15, 0.2) is 0 Å². The molecule has 2 N–H and O–H groups in total. The minimum absolute atomic E-state index is 0.0265. The van der Waals surface area contributed by atoms with Crippen molar-refractivity contribution in [3.63, 3.8) is 0 Å². The summed E-state index contributed by atoms with van der Waals surface area (Å²) in [5, 5.41) is 2.42. The van der Waals surface area contributed by atoms with Crippen molar-refractivity contribution < 1.29 is 4.74 Å². The number of nitrogens with two attached hydrogens (primary N) is 1. The second-order valence-electron chi connectivity index (χ2n) is 4.84. The molecule has 1 aliphatic heterocycles. The number of benzene rings is 1. The lowest BCUT2D eigenvalue weighted by molar-refractivity contribution is 0.414. The van der Waals surface area contributed by atoms with Gasteiger partial charge in [0.05, 0.1) is 12.1 Å². The van der Waals surface area contributed by atoms with Gasteiger partial charge in [-0.25, -0.2) is 0 Å². The van der Waals surface area contributed by atoms with Crippen LogP contribution in [0.2, 0.25) is 5.02 Å². The molecule has 0 aliphatic carbocycles. The molecule has 0 amide bonds. The topological polar surface area (TPSA) is 35.2 Å². The molecule has 1 heterocycles. The molecular formula is C14H20ClNOS2. The maximum absolute atomic E-state index is 6.42. The van der Waals surface area contributed by atoms with Crippen LogP contribution >= 0.6 is 35.1 Å². The average Bonchev–Trinajstić information content (AvgIpc) is 2.41. The fourth-order valence-electron chi connectivity index (χ4n) is 2.09. The Morgan fingerprint density at radius 3 is 2.74 bits per heavy atom. The van der Waals surface area contributed by atoms with Crippen molar-refractivity contribution in [1.82, 2.24) is 0 Å². The van der Waals surface area contributed by atoms with E-state index >= 15 is 0 Å². The largest absolute Gasteiger partial charge is 0.495 e. The molecule has 5 heteroatoms. The number of thioether (sulfide) groups is 2. The van der Waals surface area contributed by atoms with E-state index in [1.165, 1.54) is 0 Å². The third-order valence-electron chi connectivity index (χ3n) is 3.53. The quantitative estimate of drug-likeness (QED) is 0.914. The first-order valence-corrected chi connectivity index (χ1v) is 8.76. The Morgan fingerprint density at radius 1 is 1.37 bits per heavy atom. The lowest BCUT2D eigenvalue weighted by Gasteiger charge is -2.34. The van der Waals surface area contributed by atoms with E-state index in [1.54, 1.807) is 7.11 Å². The van der Waals surface area contributed by atoms with Crippen LogP contribution in [0, 0.1) is 0 Å². The molecule has 4 atom stereocenters. The summed E-state index contributed by atoms with van der Waals surface area (Å²) in [6, 6.07) is 5.85. The molecule has 2 rings (SSSR count). The summed E-state index contributed by atoms with van der Waals surface area (Å²) >= 11 is 10.1. The van der Waals surface area contributed by atoms with Gasteiger partial charge in [0.25, 0.3) is 0 Å². The summed E-state index contributed by atoms with van der Waals surface area (Å²) in [5.74, 6) is 1.80. The molecule has 4 unspecified atom stereocenters. The van der Waals surface area contributed by atoms with Crippen LogP contribution in [0.5, 0.6) is 5.75 Å². The summed E-state index contributed by atoms with van der Waals surface area (Å²) in [6.45, 7) is 4.57. The molecule has 0 bridgehead atoms. The first-order chi connectivity index (χ1) is 9.02. The summed E-state index contributed by atoms with van der Waals surface area (Å²) in [4.78, 5) is 0. The van der Waals surface area contributed by atoms with E-state index in [0.717, 1.165) is 11.3 Å². The molecule has 1 saturated heterocycles. The number of methoxy groups -OCH3 is 1. The van der Waals surface area contributed by atoms with Crippen molar-refractivity contribution in [2.24, 2.45) is 5.73 Å². The smallest absolute Gasteiger partial charge is 0.137 e. The van der Waals surface area contributed by atoms with Gasteiger partial charge in [0, 0.05) is 27.5 Å². The fraction of sp³-hybridized carbons (Fsp3) is 0.571. The van der Waals surface area contributed by atoms with Crippen molar-refractivity contribution >= 4 is 35.1 Å². The van der Waals surface area contributed by atoms with E-state index in [-0.39, 0.29) is 6.04 Å². The van der Waals surface area contributed by atoms with E-state index < -0.39 is 0 Å². The number of ether oxygens (including phenoxy) is 1. The molecule has 1 fully saturated rings. The minimum atomic E-state index is 0.0265. The van der Waals surface area contributed by atoms with E-state index in [0.29, 0.717) is 26.5 Å². The van der Waals surface area contributed by atoms with Crippen molar-refractivity contribution in [3.05, 3.63) is 28.8 Å². The van der Waals surface area contributed by atoms with E-state index in [2.05, 4.69) is 13.8 Å². The van der Waals surface area contributed by atoms with Gasteiger partial charge in [-0.3, -0.25) is 0 Å². The van der Waals surface area contributed by atoms with Crippen LogP contribution in [0.25, 0.3) is 0 Å². The Kier molecular flexibility index (Phi) is 5.35. The average molecular weight is 318 g/mol. The first-order valence-electron chi connectivity index (χ1n) is 6.39. The molecule has 0 aromatic heterocycles. The monoisotopic (exact) mass is 317 g/mol. The highest BCUT2D eigenvalue weighted by molar-refractivity contribution is 8.07. The highest BCUT2D eigenvalue weighted by Gasteiger charge is 2.30. The van der Waals surface area contributed by atoms with Gasteiger partial charge in [-0.05, 0) is 17.7 Å². The number of hydrogen-bond acceptors (Lipinski definition) is 4. The molecule has 1 aromatic rings. The zero-order valence-electron chi connectivity index (χ0n) is 11.4. The van der Waals surface area contributed by atoms with Crippen LogP contribution in [-0.2, 0) is 0 Å². The van der Waals surface area contributed by atoms with Crippen LogP contribution in [0.1, 0.15) is 25.5 Å². The summed E-state index contributed by atoms with van der Waals surface area (Å²) in [5.41, 5.74) is 7.52. The van der Waals surface area contributed by atoms with Gasteiger partial charge < -0.3 is 10.5 Å². The van der Waals surface area contributed by atoms with Gasteiger partial charge in [-0.15, -0.1) is 0 Å². The van der Waals surface area contributed by atoms with E-state index in [9.17, 15) is 0 Å². The third kappa shape index (κ3) is 3.54. The molecule has 2 nitrogen and oxygen atoms in total. The standard InChI is InChI=1S/C14H20ClNOS2/c1-8-9(2)19-13(7-18-8)14(16)10-4-5-11(15)12(6-10)17-3/h4-6,8-9,13-14H,7,16H2,1-3H3. The van der Waals surface area contributed by atoms with Crippen LogP contribution in [0.15, 0.2) is 18.2 Å². The van der Waals surface area contributed by atoms with Crippen LogP contribution in [-0.4, -0.2) is 28.6 Å². The number of halogens is 1. The molecule has 0 radical (unpaired) electrons. The lowest BCUT2D eigenvalue weighted by Crippen LogP contribution is -2.34. The maximum Gasteiger partial charge on any atom is 0.137 e. The molecule has 1 aromatic carbocycles. The minimum Gasteiger partial charge on any atom is -0.495 e. The number of hydrogen-bond donors (Lipinski definition) is 1. The Hall–Kier alpha value is -0.0300. The highest BCUT2D eigenvalue weighted by atomic mass is 35.5. The Morgan fingerprint density at radius 2 is 2.11 bits per heavy atom. The molecule has 19 heavy (non-hydrogen) atoms. The van der Waals surface area contributed by atoms with Gasteiger partial charge in [-0.1, -0.05) is 31.5 Å². The first kappa shape index (κ1) is 15.4. The SMILES string of the molecule is COc1cc(C(N)C2CSC(C)C(C)S2)ccc1Cl. The highest BCUT2D eigenvalue weighted by Crippen LogP contribution is 2.41. The second kappa shape index (κ2) is 6.61. The fourth-order valence-corrected chi connectivity index (χ4v) is 5.34. The van der Waals surface area contributed by atoms with Crippen LogP contribution in [0.3, 0.4) is 0 Å². The number of rotatable bonds is 3. The Bertz CT molecular complexity index is 443. The molecule has 0 saturated carbocycles. The van der Waals surface area contributed by atoms with E-state index in [4.69, 9.17) is 22.1 Å². The van der Waals surface area contributed by atoms with Crippen molar-refractivity contribution in [2.75, 3.05) is 12.9 Å². The molecular weight excluding hydrogens is 298 g/mol. The van der Waals surface area contributed by atoms with Crippen molar-refractivity contribution in [3.8, 4) is 5.75 Å². The van der Waals surface area contributed by atoms with E-state index in [1.807, 2.05) is 41.7 Å². The predicted molar refractivity (Wildman–Crippen MR) is 87.7 cm³/mol. The van der Waals surface area contributed by atoms with Crippen LogP contribution in [0.4, 0.5) is 0 Å². The van der Waals surface area contributed by atoms with Gasteiger partial charge in [-0.2, -0.15) is 23.5 Å². The summed E-state index contributed by atoms with van der Waals surface area (Å²) < 4.78 is 5.26. The lowest BCUT2D eigenvalue weighted by atomic mass is 10.0. The van der Waals surface area contributed by atoms with Crippen LogP contribution < -0.4 is 10.5 Å². The molecule has 106 valence electrons. The maximum atomic E-state index is 6.42. The van der Waals surface area contributed by atoms with Gasteiger partial charge in [0.2, 0.25) is 0 Å². The Labute approximate surface area is 128 Å². The molecule has 0 spiro atoms. The predicted octanol–water partition coefficient (Wildman–Crippen LogP) is 3.97.